The summed E-state index contributed by atoms with van der Waals surface area (Å²) in [6.07, 6.45) is 0. The Labute approximate surface area is 124 Å². The fourth-order valence-corrected chi connectivity index (χ4v) is 1.99. The molecule has 2 rings (SSSR count). The summed E-state index contributed by atoms with van der Waals surface area (Å²) >= 11 is 0. The van der Waals surface area contributed by atoms with Gasteiger partial charge in [0.25, 0.3) is 0 Å². The number of halogens is 5. The third-order valence-corrected chi connectivity index (χ3v) is 3.35. The van der Waals surface area contributed by atoms with Gasteiger partial charge >= 0.3 is 27.9 Å². The van der Waals surface area contributed by atoms with Gasteiger partial charge in [-0.1, -0.05) is 0 Å². The Balaban J connectivity index is 2.60. The first-order valence-corrected chi connectivity index (χ1v) is 6.94. The van der Waals surface area contributed by atoms with Crippen LogP contribution in [-0.2, 0) is 10.1 Å². The van der Waals surface area contributed by atoms with E-state index in [0.717, 1.165) is 18.2 Å². The number of alkyl halides is 5. The van der Waals surface area contributed by atoms with Crippen molar-refractivity contribution in [1.29, 1.82) is 0 Å². The Morgan fingerprint density at radius 3 is 2.35 bits per heavy atom. The smallest absolute Gasteiger partial charge is 0.435 e. The monoisotopic (exact) mass is 360 g/mol. The molecule has 0 N–H and O–H groups in total. The standard InChI is InChI=1S/C11H5F5O6S/c12-10(13)20-5-1-2-7-6(3-5)8(4-9(17)21-7)22-23(18,19)11(14,15)16/h1-4,10H. The lowest BCUT2D eigenvalue weighted by molar-refractivity contribution is -0.0502. The summed E-state index contributed by atoms with van der Waals surface area (Å²) in [5.74, 6) is -1.54. The molecule has 0 unspecified atom stereocenters. The average Bonchev–Trinajstić information content (AvgIpc) is 2.37. The van der Waals surface area contributed by atoms with Crippen LogP contribution in [0.1, 0.15) is 0 Å². The number of ether oxygens (including phenoxy) is 1. The van der Waals surface area contributed by atoms with Gasteiger partial charge in [0.05, 0.1) is 11.5 Å². The van der Waals surface area contributed by atoms with Gasteiger partial charge in [-0.3, -0.25) is 0 Å². The topological polar surface area (TPSA) is 82.8 Å². The van der Waals surface area contributed by atoms with Crippen LogP contribution in [0, 0.1) is 0 Å². The minimum Gasteiger partial charge on any atom is -0.435 e. The van der Waals surface area contributed by atoms with Crippen LogP contribution >= 0.6 is 0 Å². The predicted molar refractivity (Wildman–Crippen MR) is 64.7 cm³/mol. The molecule has 0 bridgehead atoms. The van der Waals surface area contributed by atoms with Crippen LogP contribution in [0.4, 0.5) is 22.0 Å². The minimum absolute atomic E-state index is 0.331. The van der Waals surface area contributed by atoms with Gasteiger partial charge in [-0.2, -0.15) is 30.4 Å². The molecule has 0 fully saturated rings. The van der Waals surface area contributed by atoms with Crippen molar-refractivity contribution in [2.75, 3.05) is 0 Å². The Hall–Kier alpha value is -2.37. The van der Waals surface area contributed by atoms with Gasteiger partial charge in [-0.05, 0) is 18.2 Å². The second-order valence-electron chi connectivity index (χ2n) is 3.95. The predicted octanol–water partition coefficient (Wildman–Crippen LogP) is 2.62. The summed E-state index contributed by atoms with van der Waals surface area (Å²) in [7, 11) is -6.06. The first kappa shape index (κ1) is 17.0. The van der Waals surface area contributed by atoms with Gasteiger partial charge in [-0.25, -0.2) is 4.79 Å². The normalized spacial score (nSPS) is 12.6. The molecule has 23 heavy (non-hydrogen) atoms. The molecular weight excluding hydrogens is 355 g/mol. The quantitative estimate of drug-likeness (QED) is 0.361. The van der Waals surface area contributed by atoms with E-state index in [0.29, 0.717) is 6.07 Å². The highest BCUT2D eigenvalue weighted by atomic mass is 32.2. The molecule has 1 aromatic heterocycles. The van der Waals surface area contributed by atoms with Crippen molar-refractivity contribution in [2.24, 2.45) is 0 Å². The lowest BCUT2D eigenvalue weighted by Crippen LogP contribution is -2.28. The Morgan fingerprint density at radius 1 is 1.13 bits per heavy atom. The van der Waals surface area contributed by atoms with E-state index in [1.165, 1.54) is 0 Å². The van der Waals surface area contributed by atoms with E-state index in [4.69, 9.17) is 0 Å². The van der Waals surface area contributed by atoms with Crippen molar-refractivity contribution in [3.63, 3.8) is 0 Å². The molecule has 0 aliphatic rings. The van der Waals surface area contributed by atoms with E-state index >= 15 is 0 Å². The Kier molecular flexibility index (Phi) is 4.20. The number of benzene rings is 1. The summed E-state index contributed by atoms with van der Waals surface area (Å²) in [5, 5.41) is -0.476. The molecule has 1 aromatic carbocycles. The maximum absolute atomic E-state index is 12.3. The molecule has 0 aliphatic carbocycles. The highest BCUT2D eigenvalue weighted by molar-refractivity contribution is 7.88. The molecule has 12 heteroatoms. The van der Waals surface area contributed by atoms with E-state index < -0.39 is 44.7 Å². The highest BCUT2D eigenvalue weighted by Crippen LogP contribution is 2.32. The fraction of sp³-hybridized carbons (Fsp3) is 0.182. The fourth-order valence-electron chi connectivity index (χ4n) is 1.52. The van der Waals surface area contributed by atoms with Crippen molar-refractivity contribution < 1.29 is 43.7 Å². The molecule has 126 valence electrons. The van der Waals surface area contributed by atoms with E-state index in [2.05, 4.69) is 13.3 Å². The molecule has 0 saturated carbocycles. The lowest BCUT2D eigenvalue weighted by atomic mass is 10.2. The van der Waals surface area contributed by atoms with Crippen molar-refractivity contribution >= 4 is 21.1 Å². The van der Waals surface area contributed by atoms with Gasteiger partial charge in [0.1, 0.15) is 11.3 Å². The number of hydrogen-bond acceptors (Lipinski definition) is 6. The molecule has 0 amide bonds. The van der Waals surface area contributed by atoms with Gasteiger partial charge in [0.2, 0.25) is 0 Å². The van der Waals surface area contributed by atoms with E-state index in [9.17, 15) is 35.2 Å². The van der Waals surface area contributed by atoms with Crippen LogP contribution in [0.5, 0.6) is 11.5 Å². The Bertz CT molecular complexity index is 886. The zero-order valence-electron chi connectivity index (χ0n) is 10.6. The second kappa shape index (κ2) is 5.68. The molecule has 0 atom stereocenters. The van der Waals surface area contributed by atoms with E-state index in [1.807, 2.05) is 0 Å². The molecule has 6 nitrogen and oxygen atoms in total. The summed E-state index contributed by atoms with van der Waals surface area (Å²) in [6.45, 7) is -3.23. The molecule has 0 spiro atoms. The molecular formula is C11H5F5O6S. The van der Waals surface area contributed by atoms with E-state index in [1.54, 1.807) is 0 Å². The van der Waals surface area contributed by atoms with Crippen LogP contribution < -0.4 is 14.5 Å². The average molecular weight is 360 g/mol. The van der Waals surface area contributed by atoms with Crippen LogP contribution in [0.15, 0.2) is 33.5 Å². The molecule has 0 radical (unpaired) electrons. The summed E-state index contributed by atoms with van der Waals surface area (Å²) in [6, 6.07) is 2.95. The number of rotatable bonds is 4. The maximum atomic E-state index is 12.3. The van der Waals surface area contributed by atoms with Crippen LogP contribution in [-0.4, -0.2) is 20.5 Å². The van der Waals surface area contributed by atoms with Crippen molar-refractivity contribution in [2.45, 2.75) is 12.1 Å². The van der Waals surface area contributed by atoms with Crippen molar-refractivity contribution in [1.82, 2.24) is 0 Å². The van der Waals surface area contributed by atoms with Crippen molar-refractivity contribution in [3.05, 3.63) is 34.7 Å². The molecule has 1 heterocycles. The van der Waals surface area contributed by atoms with Gasteiger partial charge in [0, 0.05) is 0 Å². The summed E-state index contributed by atoms with van der Waals surface area (Å²) < 4.78 is 95.8. The maximum Gasteiger partial charge on any atom is 0.534 e. The minimum atomic E-state index is -6.06. The lowest BCUT2D eigenvalue weighted by Gasteiger charge is -2.11. The zero-order chi connectivity index (χ0) is 17.4. The number of fused-ring (bicyclic) bond motifs is 1. The van der Waals surface area contributed by atoms with Gasteiger partial charge < -0.3 is 13.3 Å². The first-order chi connectivity index (χ1) is 10.5. The third-order valence-electron chi connectivity index (χ3n) is 2.38. The SMILES string of the molecule is O=c1cc(OS(=O)(=O)C(F)(F)F)c2cc(OC(F)F)ccc2o1. The van der Waals surface area contributed by atoms with Crippen LogP contribution in [0.3, 0.4) is 0 Å². The van der Waals surface area contributed by atoms with E-state index in [-0.39, 0.29) is 5.58 Å². The highest BCUT2D eigenvalue weighted by Gasteiger charge is 2.48. The molecule has 2 aromatic rings. The van der Waals surface area contributed by atoms with Crippen molar-refractivity contribution in [3.8, 4) is 11.5 Å². The zero-order valence-corrected chi connectivity index (χ0v) is 11.5. The Morgan fingerprint density at radius 2 is 1.78 bits per heavy atom. The van der Waals surface area contributed by atoms with Gasteiger partial charge in [0.15, 0.2) is 5.75 Å². The third kappa shape index (κ3) is 3.70. The largest absolute Gasteiger partial charge is 0.534 e. The van der Waals surface area contributed by atoms with Gasteiger partial charge in [-0.15, -0.1) is 0 Å². The summed E-state index contributed by atoms with van der Waals surface area (Å²) in [5.41, 5.74) is -7.33. The molecule has 0 aliphatic heterocycles. The van der Waals surface area contributed by atoms with Crippen LogP contribution in [0.25, 0.3) is 11.0 Å². The first-order valence-electron chi connectivity index (χ1n) is 5.53. The molecule has 0 saturated heterocycles. The number of hydrogen-bond donors (Lipinski definition) is 0. The second-order valence-corrected chi connectivity index (χ2v) is 5.49. The van der Waals surface area contributed by atoms with Crippen LogP contribution in [0.2, 0.25) is 0 Å². The summed E-state index contributed by atoms with van der Waals surface area (Å²) in [4.78, 5) is 11.2.